The third-order valence-corrected chi connectivity index (χ3v) is 3.76. The molecule has 4 heteroatoms. The predicted octanol–water partition coefficient (Wildman–Crippen LogP) is 2.01. The van der Waals surface area contributed by atoms with Crippen LogP contribution in [0, 0.1) is 0 Å². The van der Waals surface area contributed by atoms with Crippen molar-refractivity contribution in [3.63, 3.8) is 0 Å². The van der Waals surface area contributed by atoms with Crippen LogP contribution in [0.15, 0.2) is 24.3 Å². The van der Waals surface area contributed by atoms with Crippen molar-refractivity contribution in [3.8, 4) is 0 Å². The first-order chi connectivity index (χ1) is 8.70. The molecule has 94 valence electrons. The third-order valence-electron chi connectivity index (χ3n) is 3.76. The molecule has 2 amide bonds. The first-order valence-electron chi connectivity index (χ1n) is 6.40. The summed E-state index contributed by atoms with van der Waals surface area (Å²) in [7, 11) is 0. The number of piperidine rings is 1. The molecule has 1 atom stereocenters. The summed E-state index contributed by atoms with van der Waals surface area (Å²) in [4.78, 5) is 27.9. The smallest absolute Gasteiger partial charge is 0.257 e. The van der Waals surface area contributed by atoms with Crippen LogP contribution in [0.1, 0.15) is 36.5 Å². The first kappa shape index (κ1) is 11.3. The maximum absolute atomic E-state index is 12.4. The number of hydrogen-bond donors (Lipinski definition) is 0. The highest BCUT2D eigenvalue weighted by molar-refractivity contribution is 6.07. The van der Waals surface area contributed by atoms with Gasteiger partial charge in [0.15, 0.2) is 0 Å². The van der Waals surface area contributed by atoms with Gasteiger partial charge in [-0.05, 0) is 31.4 Å². The van der Waals surface area contributed by atoms with E-state index in [1.54, 1.807) is 17.9 Å². The first-order valence-corrected chi connectivity index (χ1v) is 6.40. The maximum atomic E-state index is 12.4. The van der Waals surface area contributed by atoms with Crippen molar-refractivity contribution in [2.45, 2.75) is 32.4 Å². The molecule has 3 rings (SSSR count). The lowest BCUT2D eigenvalue weighted by molar-refractivity contribution is -0.118. The summed E-state index contributed by atoms with van der Waals surface area (Å²) in [6.07, 6.45) is 2.88. The van der Waals surface area contributed by atoms with Crippen LogP contribution in [0.5, 0.6) is 0 Å². The molecule has 0 aliphatic carbocycles. The fraction of sp³-hybridized carbons (Fsp3) is 0.429. The normalized spacial score (nSPS) is 22.5. The molecule has 1 fully saturated rings. The number of hydrogen-bond acceptors (Lipinski definition) is 2. The molecule has 1 aromatic carbocycles. The zero-order valence-corrected chi connectivity index (χ0v) is 10.4. The van der Waals surface area contributed by atoms with Gasteiger partial charge in [-0.25, -0.2) is 0 Å². The Bertz CT molecular complexity index is 512. The van der Waals surface area contributed by atoms with E-state index in [9.17, 15) is 9.59 Å². The number of fused-ring (bicyclic) bond motifs is 2. The largest absolute Gasteiger partial charge is 0.318 e. The number of nitrogens with zero attached hydrogens (tertiary/aromatic N) is 2. The standard InChI is InChI=1S/C14H16N2O2/c1-10(17)16-12-7-3-2-6-11(12)14(18)15-9-5-4-8-13(15)16/h2-3,6-7,13H,4-5,8-9H2,1H3. The average molecular weight is 244 g/mol. The zero-order valence-electron chi connectivity index (χ0n) is 10.4. The summed E-state index contributed by atoms with van der Waals surface area (Å²) in [6, 6.07) is 7.39. The van der Waals surface area contributed by atoms with Crippen molar-refractivity contribution >= 4 is 17.5 Å². The second-order valence-corrected chi connectivity index (χ2v) is 4.88. The molecule has 1 saturated heterocycles. The average Bonchev–Trinajstić information content (AvgIpc) is 2.39. The number of amides is 2. The van der Waals surface area contributed by atoms with Gasteiger partial charge in [0.2, 0.25) is 5.91 Å². The van der Waals surface area contributed by atoms with E-state index in [1.807, 2.05) is 23.1 Å². The van der Waals surface area contributed by atoms with Crippen LogP contribution in [0.2, 0.25) is 0 Å². The monoisotopic (exact) mass is 244 g/mol. The molecule has 1 unspecified atom stereocenters. The second kappa shape index (κ2) is 4.12. The highest BCUT2D eigenvalue weighted by Crippen LogP contribution is 2.34. The molecule has 2 heterocycles. The zero-order chi connectivity index (χ0) is 12.7. The fourth-order valence-electron chi connectivity index (χ4n) is 2.98. The number of rotatable bonds is 0. The lowest BCUT2D eigenvalue weighted by Gasteiger charge is -2.46. The van der Waals surface area contributed by atoms with Gasteiger partial charge in [0.25, 0.3) is 5.91 Å². The van der Waals surface area contributed by atoms with Crippen LogP contribution >= 0.6 is 0 Å². The highest BCUT2D eigenvalue weighted by atomic mass is 16.2. The van der Waals surface area contributed by atoms with Crippen molar-refractivity contribution in [3.05, 3.63) is 29.8 Å². The lowest BCUT2D eigenvalue weighted by Crippen LogP contribution is -2.58. The Morgan fingerprint density at radius 2 is 2.06 bits per heavy atom. The molecule has 0 spiro atoms. The molecule has 0 bridgehead atoms. The SMILES string of the molecule is CC(=O)N1c2ccccc2C(=O)N2CCCCC21. The van der Waals surface area contributed by atoms with Crippen molar-refractivity contribution in [1.82, 2.24) is 4.90 Å². The van der Waals surface area contributed by atoms with Gasteiger partial charge in [0.05, 0.1) is 11.3 Å². The summed E-state index contributed by atoms with van der Waals surface area (Å²) in [6.45, 7) is 2.32. The van der Waals surface area contributed by atoms with E-state index < -0.39 is 0 Å². The van der Waals surface area contributed by atoms with Gasteiger partial charge in [-0.3, -0.25) is 14.5 Å². The minimum absolute atomic E-state index is 0.00634. The number of anilines is 1. The van der Waals surface area contributed by atoms with Gasteiger partial charge < -0.3 is 4.90 Å². The maximum Gasteiger partial charge on any atom is 0.257 e. The van der Waals surface area contributed by atoms with Crippen LogP contribution in [0.25, 0.3) is 0 Å². The van der Waals surface area contributed by atoms with E-state index in [0.29, 0.717) is 5.56 Å². The van der Waals surface area contributed by atoms with E-state index in [1.165, 1.54) is 0 Å². The van der Waals surface area contributed by atoms with Gasteiger partial charge in [-0.15, -0.1) is 0 Å². The van der Waals surface area contributed by atoms with E-state index >= 15 is 0 Å². The summed E-state index contributed by atoms with van der Waals surface area (Å²) < 4.78 is 0. The Morgan fingerprint density at radius 1 is 1.28 bits per heavy atom. The van der Waals surface area contributed by atoms with Crippen molar-refractivity contribution < 1.29 is 9.59 Å². The molecule has 0 N–H and O–H groups in total. The Morgan fingerprint density at radius 3 is 2.83 bits per heavy atom. The second-order valence-electron chi connectivity index (χ2n) is 4.88. The number of benzene rings is 1. The van der Waals surface area contributed by atoms with Crippen molar-refractivity contribution in [1.29, 1.82) is 0 Å². The minimum Gasteiger partial charge on any atom is -0.318 e. The molecular weight excluding hydrogens is 228 g/mol. The van der Waals surface area contributed by atoms with Gasteiger partial charge >= 0.3 is 0 Å². The Labute approximate surface area is 106 Å². The summed E-state index contributed by atoms with van der Waals surface area (Å²) in [5.74, 6) is 0.0691. The summed E-state index contributed by atoms with van der Waals surface area (Å²) in [5.41, 5.74) is 1.41. The predicted molar refractivity (Wildman–Crippen MR) is 68.3 cm³/mol. The van der Waals surface area contributed by atoms with Crippen LogP contribution < -0.4 is 4.90 Å². The molecular formula is C14H16N2O2. The Balaban J connectivity index is 2.14. The molecule has 18 heavy (non-hydrogen) atoms. The van der Waals surface area contributed by atoms with Crippen LogP contribution in [0.4, 0.5) is 5.69 Å². The van der Waals surface area contributed by atoms with Gasteiger partial charge in [-0.2, -0.15) is 0 Å². The Hall–Kier alpha value is -1.84. The van der Waals surface area contributed by atoms with E-state index in [2.05, 4.69) is 0 Å². The third kappa shape index (κ3) is 1.52. The molecule has 2 aliphatic heterocycles. The minimum atomic E-state index is -0.0846. The molecule has 2 aliphatic rings. The summed E-state index contributed by atoms with van der Waals surface area (Å²) >= 11 is 0. The van der Waals surface area contributed by atoms with Crippen molar-refractivity contribution in [2.75, 3.05) is 11.4 Å². The van der Waals surface area contributed by atoms with Gasteiger partial charge in [0.1, 0.15) is 6.17 Å². The topological polar surface area (TPSA) is 40.6 Å². The van der Waals surface area contributed by atoms with Gasteiger partial charge in [0, 0.05) is 13.5 Å². The number of carbonyl (C=O) groups excluding carboxylic acids is 2. The summed E-state index contributed by atoms with van der Waals surface area (Å²) in [5, 5.41) is 0. The number of para-hydroxylation sites is 1. The van der Waals surface area contributed by atoms with E-state index in [0.717, 1.165) is 31.5 Å². The highest BCUT2D eigenvalue weighted by Gasteiger charge is 2.40. The molecule has 0 saturated carbocycles. The fourth-order valence-corrected chi connectivity index (χ4v) is 2.98. The molecule has 0 radical (unpaired) electrons. The number of carbonyl (C=O) groups is 2. The van der Waals surface area contributed by atoms with Crippen LogP contribution in [-0.4, -0.2) is 29.4 Å². The quantitative estimate of drug-likeness (QED) is 0.700. The Kier molecular flexibility index (Phi) is 2.58. The molecule has 0 aromatic heterocycles. The van der Waals surface area contributed by atoms with Crippen molar-refractivity contribution in [2.24, 2.45) is 0 Å². The van der Waals surface area contributed by atoms with Crippen LogP contribution in [0.3, 0.4) is 0 Å². The molecule has 1 aromatic rings. The van der Waals surface area contributed by atoms with E-state index in [4.69, 9.17) is 0 Å². The van der Waals surface area contributed by atoms with Gasteiger partial charge in [-0.1, -0.05) is 12.1 Å². The van der Waals surface area contributed by atoms with Crippen LogP contribution in [-0.2, 0) is 4.79 Å². The molecule has 4 nitrogen and oxygen atoms in total. The lowest BCUT2D eigenvalue weighted by atomic mass is 9.98. The van der Waals surface area contributed by atoms with E-state index in [-0.39, 0.29) is 18.0 Å².